The Morgan fingerprint density at radius 1 is 0.542 bits per heavy atom. The van der Waals surface area contributed by atoms with Crippen molar-refractivity contribution < 1.29 is 42.5 Å². The van der Waals surface area contributed by atoms with E-state index < -0.39 is 46.1 Å². The van der Waals surface area contributed by atoms with Crippen LogP contribution in [-0.2, 0) is 0 Å². The van der Waals surface area contributed by atoms with Crippen LogP contribution < -0.4 is 0 Å². The predicted octanol–water partition coefficient (Wildman–Crippen LogP) is 2.64. The minimum atomic E-state index is -1.45. The number of hydrogen-bond donors (Lipinski definition) is 4. The lowest BCUT2D eigenvalue weighted by Crippen LogP contribution is -2.09. The number of benzene rings is 2. The molecule has 0 bridgehead atoms. The Hall–Kier alpha value is -3.68. The normalized spacial score (nSPS) is 10.2. The highest BCUT2D eigenvalue weighted by atomic mass is 16.4. The van der Waals surface area contributed by atoms with Crippen molar-refractivity contribution in [2.45, 2.75) is 0 Å². The van der Waals surface area contributed by atoms with Gasteiger partial charge in [-0.25, -0.2) is 19.2 Å². The summed E-state index contributed by atoms with van der Waals surface area (Å²) >= 11 is 0. The zero-order valence-corrected chi connectivity index (χ0v) is 11.9. The first kappa shape index (κ1) is 16.7. The van der Waals surface area contributed by atoms with Crippen LogP contribution in [-0.4, -0.2) is 44.3 Å². The summed E-state index contributed by atoms with van der Waals surface area (Å²) in [5, 5.41) is 36.2. The molecule has 2 aromatic carbocycles. The van der Waals surface area contributed by atoms with Gasteiger partial charge in [0, 0.05) is 2.85 Å². The van der Waals surface area contributed by atoms with Crippen molar-refractivity contribution in [1.29, 1.82) is 0 Å². The molecule has 0 spiro atoms. The first-order chi connectivity index (χ1) is 11.2. The van der Waals surface area contributed by atoms with E-state index in [1.54, 1.807) is 0 Å². The van der Waals surface area contributed by atoms with Crippen LogP contribution in [0.15, 0.2) is 36.4 Å². The first-order valence-electron chi connectivity index (χ1n) is 6.44. The van der Waals surface area contributed by atoms with Crippen LogP contribution in [0.3, 0.4) is 0 Å². The molecule has 4 N–H and O–H groups in total. The fraction of sp³-hybridized carbons (Fsp3) is 0. The summed E-state index contributed by atoms with van der Waals surface area (Å²) in [7, 11) is 0. The molecule has 0 unspecified atom stereocenters. The molecule has 0 aliphatic rings. The fourth-order valence-electron chi connectivity index (χ4n) is 2.17. The Kier molecular flexibility index (Phi) is 4.32. The van der Waals surface area contributed by atoms with E-state index in [1.807, 2.05) is 0 Å². The van der Waals surface area contributed by atoms with Crippen molar-refractivity contribution in [1.82, 2.24) is 0 Å². The molecule has 0 amide bonds. The smallest absolute Gasteiger partial charge is 0.336 e. The van der Waals surface area contributed by atoms with E-state index in [1.165, 1.54) is 12.1 Å². The zero-order chi connectivity index (χ0) is 18.0. The zero-order valence-electron chi connectivity index (χ0n) is 11.9. The van der Waals surface area contributed by atoms with Crippen molar-refractivity contribution >= 4 is 23.9 Å². The van der Waals surface area contributed by atoms with Crippen molar-refractivity contribution in [2.75, 3.05) is 0 Å². The van der Waals surface area contributed by atoms with Gasteiger partial charge in [0.1, 0.15) is 0 Å². The molecular formula is C16H14O8. The molecule has 8 nitrogen and oxygen atoms in total. The molecule has 2 rings (SSSR count). The number of carboxylic acid groups (broad SMARTS) is 4. The van der Waals surface area contributed by atoms with Gasteiger partial charge in [0.05, 0.1) is 22.3 Å². The highest BCUT2D eigenvalue weighted by Crippen LogP contribution is 2.25. The van der Waals surface area contributed by atoms with Crippen LogP contribution in [0.5, 0.6) is 0 Å². The third-order valence-corrected chi connectivity index (χ3v) is 3.29. The van der Waals surface area contributed by atoms with Gasteiger partial charge in [-0.05, 0) is 35.4 Å². The lowest BCUT2D eigenvalue weighted by atomic mass is 9.96. The number of aromatic carboxylic acids is 4. The molecule has 2 aromatic rings. The standard InChI is InChI=1S/C16H10O8.2H2/c17-13(18)9-3-1-7(5-11(9)15(21)22)8-2-4-10(14(19)20)12(6-8)16(23)24;;/h1-6H,(H,17,18)(H,19,20)(H,21,22)(H,23,24);2*1H. The number of carbonyl (C=O) groups is 4. The predicted molar refractivity (Wildman–Crippen MR) is 83.9 cm³/mol. The number of hydrogen-bond acceptors (Lipinski definition) is 4. The Labute approximate surface area is 137 Å². The number of carboxylic acids is 4. The largest absolute Gasteiger partial charge is 0.478 e. The van der Waals surface area contributed by atoms with Gasteiger partial charge < -0.3 is 20.4 Å². The van der Waals surface area contributed by atoms with E-state index in [-0.39, 0.29) is 14.0 Å². The van der Waals surface area contributed by atoms with Gasteiger partial charge in [-0.15, -0.1) is 0 Å². The van der Waals surface area contributed by atoms with Crippen LogP contribution in [0.25, 0.3) is 11.1 Å². The molecule has 0 heterocycles. The van der Waals surface area contributed by atoms with Gasteiger partial charge in [0.25, 0.3) is 0 Å². The summed E-state index contributed by atoms with van der Waals surface area (Å²) in [6, 6.07) is 6.99. The molecule has 126 valence electrons. The molecule has 0 saturated heterocycles. The Morgan fingerprint density at radius 3 is 1.08 bits per heavy atom. The van der Waals surface area contributed by atoms with Crippen LogP contribution in [0, 0.1) is 0 Å². The molecule has 24 heavy (non-hydrogen) atoms. The maximum atomic E-state index is 11.2. The third kappa shape index (κ3) is 3.07. The lowest BCUT2D eigenvalue weighted by Gasteiger charge is -2.09. The van der Waals surface area contributed by atoms with Crippen LogP contribution in [0.1, 0.15) is 44.3 Å². The highest BCUT2D eigenvalue weighted by Gasteiger charge is 2.19. The second kappa shape index (κ2) is 6.21. The average Bonchev–Trinajstić information content (AvgIpc) is 2.53. The molecular weight excluding hydrogens is 320 g/mol. The van der Waals surface area contributed by atoms with Crippen molar-refractivity contribution in [3.63, 3.8) is 0 Å². The minimum absolute atomic E-state index is 0. The van der Waals surface area contributed by atoms with Crippen molar-refractivity contribution in [3.8, 4) is 11.1 Å². The highest BCUT2D eigenvalue weighted by molar-refractivity contribution is 6.04. The van der Waals surface area contributed by atoms with Gasteiger partial charge in [-0.2, -0.15) is 0 Å². The second-order valence-corrected chi connectivity index (χ2v) is 4.74. The molecule has 0 atom stereocenters. The third-order valence-electron chi connectivity index (χ3n) is 3.29. The summed E-state index contributed by atoms with van der Waals surface area (Å²) in [6.07, 6.45) is 0. The van der Waals surface area contributed by atoms with E-state index in [0.29, 0.717) is 0 Å². The molecule has 0 fully saturated rings. The maximum absolute atomic E-state index is 11.2. The van der Waals surface area contributed by atoms with Crippen LogP contribution in [0.4, 0.5) is 0 Å². The average molecular weight is 334 g/mol. The quantitative estimate of drug-likeness (QED) is 0.652. The molecule has 8 heteroatoms. The molecule has 0 saturated carbocycles. The Balaban J connectivity index is 0.00000312. The lowest BCUT2D eigenvalue weighted by molar-refractivity contribution is 0.0651. The van der Waals surface area contributed by atoms with E-state index in [4.69, 9.17) is 20.4 Å². The summed E-state index contributed by atoms with van der Waals surface area (Å²) < 4.78 is 0. The molecule has 0 radical (unpaired) electrons. The van der Waals surface area contributed by atoms with Gasteiger partial charge >= 0.3 is 23.9 Å². The van der Waals surface area contributed by atoms with E-state index in [2.05, 4.69) is 0 Å². The Bertz CT molecular complexity index is 818. The first-order valence-corrected chi connectivity index (χ1v) is 6.44. The molecule has 0 aliphatic heterocycles. The van der Waals surface area contributed by atoms with Crippen molar-refractivity contribution in [3.05, 3.63) is 58.7 Å². The second-order valence-electron chi connectivity index (χ2n) is 4.74. The summed E-state index contributed by atoms with van der Waals surface area (Å²) in [4.78, 5) is 44.4. The summed E-state index contributed by atoms with van der Waals surface area (Å²) in [5.41, 5.74) is -1.24. The fourth-order valence-corrected chi connectivity index (χ4v) is 2.17. The monoisotopic (exact) mass is 334 g/mol. The molecule has 0 aliphatic carbocycles. The van der Waals surface area contributed by atoms with E-state index in [0.717, 1.165) is 24.3 Å². The topological polar surface area (TPSA) is 149 Å². The van der Waals surface area contributed by atoms with E-state index in [9.17, 15) is 19.2 Å². The van der Waals surface area contributed by atoms with Gasteiger partial charge in [0.15, 0.2) is 0 Å². The maximum Gasteiger partial charge on any atom is 0.336 e. The van der Waals surface area contributed by atoms with E-state index >= 15 is 0 Å². The van der Waals surface area contributed by atoms with Crippen LogP contribution >= 0.6 is 0 Å². The van der Waals surface area contributed by atoms with Crippen LogP contribution in [0.2, 0.25) is 0 Å². The SMILES string of the molecule is O=C(O)c1ccc(-c2ccc(C(=O)O)c(C(=O)O)c2)cc1C(=O)O.[HH].[HH]. The molecule has 0 aromatic heterocycles. The minimum Gasteiger partial charge on any atom is -0.478 e. The van der Waals surface area contributed by atoms with Gasteiger partial charge in [-0.1, -0.05) is 12.1 Å². The van der Waals surface area contributed by atoms with Crippen molar-refractivity contribution in [2.24, 2.45) is 0 Å². The Morgan fingerprint density at radius 2 is 0.833 bits per heavy atom. The van der Waals surface area contributed by atoms with Gasteiger partial charge in [0.2, 0.25) is 0 Å². The van der Waals surface area contributed by atoms with Gasteiger partial charge in [-0.3, -0.25) is 0 Å². The summed E-state index contributed by atoms with van der Waals surface area (Å²) in [6.45, 7) is 0. The summed E-state index contributed by atoms with van der Waals surface area (Å²) in [5.74, 6) is -5.72. The number of rotatable bonds is 5.